The number of aromatic hydroxyl groups is 1. The third-order valence-corrected chi connectivity index (χ3v) is 4.51. The first-order chi connectivity index (χ1) is 8.93. The van der Waals surface area contributed by atoms with Gasteiger partial charge in [-0.05, 0) is 45.9 Å². The molecule has 1 saturated heterocycles. The quantitative estimate of drug-likeness (QED) is 0.781. The predicted molar refractivity (Wildman–Crippen MR) is 82.5 cm³/mol. The molecule has 0 spiro atoms. The molecule has 0 atom stereocenters. The lowest BCUT2D eigenvalue weighted by atomic mass is 10.2. The van der Waals surface area contributed by atoms with E-state index in [4.69, 9.17) is 11.6 Å². The fourth-order valence-electron chi connectivity index (χ4n) is 1.59. The molecule has 1 aliphatic heterocycles. The normalized spacial score (nSPS) is 19.8. The lowest BCUT2D eigenvalue weighted by molar-refractivity contribution is -0.121. The minimum absolute atomic E-state index is 0.0508. The van der Waals surface area contributed by atoms with Gasteiger partial charge in [-0.1, -0.05) is 11.6 Å². The Kier molecular flexibility index (Phi) is 4.23. The van der Waals surface area contributed by atoms with Crippen molar-refractivity contribution in [1.82, 2.24) is 4.90 Å². The molecule has 1 aromatic rings. The first kappa shape index (κ1) is 14.4. The minimum atomic E-state index is -0.152. The molecule has 0 saturated carbocycles. The number of nitrogens with zero attached hydrogens (tertiary/aromatic N) is 2. The van der Waals surface area contributed by atoms with Gasteiger partial charge in [0.2, 0.25) is 0 Å². The first-order valence-corrected chi connectivity index (χ1v) is 7.25. The van der Waals surface area contributed by atoms with Gasteiger partial charge in [-0.2, -0.15) is 0 Å². The van der Waals surface area contributed by atoms with Gasteiger partial charge < -0.3 is 5.11 Å². The van der Waals surface area contributed by atoms with E-state index < -0.39 is 0 Å². The maximum absolute atomic E-state index is 12.0. The van der Waals surface area contributed by atoms with Crippen molar-refractivity contribution in [2.24, 2.45) is 4.99 Å². The van der Waals surface area contributed by atoms with E-state index in [0.717, 1.165) is 0 Å². The highest BCUT2D eigenvalue weighted by atomic mass is 79.9. The number of rotatable bonds is 1. The average molecular weight is 362 g/mol. The van der Waals surface area contributed by atoms with E-state index in [2.05, 4.69) is 20.9 Å². The summed E-state index contributed by atoms with van der Waals surface area (Å²) in [6.07, 6.45) is 1.60. The number of amidine groups is 1. The second-order valence-electron chi connectivity index (χ2n) is 3.81. The van der Waals surface area contributed by atoms with Crippen LogP contribution in [0.1, 0.15) is 5.56 Å². The number of phenolic OH excluding ortho intramolecular Hbond substituents is 1. The molecule has 1 amide bonds. The summed E-state index contributed by atoms with van der Waals surface area (Å²) in [6.45, 7) is 0. The smallest absolute Gasteiger partial charge is 0.266 e. The van der Waals surface area contributed by atoms with Gasteiger partial charge in [0, 0.05) is 24.7 Å². The van der Waals surface area contributed by atoms with Crippen molar-refractivity contribution in [1.29, 1.82) is 0 Å². The largest absolute Gasteiger partial charge is 0.506 e. The van der Waals surface area contributed by atoms with Gasteiger partial charge >= 0.3 is 0 Å². The molecular formula is C12H10BrClN2O2S. The van der Waals surface area contributed by atoms with E-state index in [-0.39, 0.29) is 11.7 Å². The molecule has 1 aromatic carbocycles. The van der Waals surface area contributed by atoms with Crippen LogP contribution in [0.2, 0.25) is 5.02 Å². The Balaban J connectivity index is 2.46. The zero-order valence-corrected chi connectivity index (χ0v) is 13.3. The summed E-state index contributed by atoms with van der Waals surface area (Å²) < 4.78 is 0.486. The summed E-state index contributed by atoms with van der Waals surface area (Å²) in [5.74, 6) is -0.101. The number of carbonyl (C=O) groups excluding carboxylic acids is 1. The van der Waals surface area contributed by atoms with E-state index in [1.165, 1.54) is 16.7 Å². The standard InChI is InChI=1S/C12H10BrClN2O2S/c1-15-12-16(2)11(18)9(19-12)4-6-3-7(14)5-8(13)10(6)17/h3-5,17H,1-2H3/b9-4-,15-12?. The lowest BCUT2D eigenvalue weighted by Gasteiger charge is -2.05. The van der Waals surface area contributed by atoms with Crippen molar-refractivity contribution in [3.63, 3.8) is 0 Å². The van der Waals surface area contributed by atoms with Crippen LogP contribution in [-0.2, 0) is 4.79 Å². The van der Waals surface area contributed by atoms with Gasteiger partial charge in [0.15, 0.2) is 5.17 Å². The van der Waals surface area contributed by atoms with Crippen LogP contribution in [0.5, 0.6) is 5.75 Å². The van der Waals surface area contributed by atoms with Gasteiger partial charge in [-0.15, -0.1) is 0 Å². The molecule has 100 valence electrons. The van der Waals surface area contributed by atoms with Crippen molar-refractivity contribution in [2.75, 3.05) is 14.1 Å². The molecule has 1 aliphatic rings. The second kappa shape index (κ2) is 5.56. The van der Waals surface area contributed by atoms with Crippen LogP contribution in [-0.4, -0.2) is 35.2 Å². The number of hydrogen-bond acceptors (Lipinski definition) is 4. The van der Waals surface area contributed by atoms with Gasteiger partial charge in [0.1, 0.15) is 5.75 Å². The topological polar surface area (TPSA) is 52.9 Å². The molecule has 19 heavy (non-hydrogen) atoms. The van der Waals surface area contributed by atoms with Gasteiger partial charge in [-0.3, -0.25) is 14.7 Å². The number of thioether (sulfide) groups is 1. The lowest BCUT2D eigenvalue weighted by Crippen LogP contribution is -2.23. The maximum Gasteiger partial charge on any atom is 0.266 e. The predicted octanol–water partition coefficient (Wildman–Crippen LogP) is 3.34. The molecule has 7 heteroatoms. The third kappa shape index (κ3) is 2.80. The second-order valence-corrected chi connectivity index (χ2v) is 6.11. The van der Waals surface area contributed by atoms with Gasteiger partial charge in [0.25, 0.3) is 5.91 Å². The number of hydrogen-bond donors (Lipinski definition) is 1. The molecule has 1 N–H and O–H groups in total. The maximum atomic E-state index is 12.0. The van der Waals surface area contributed by atoms with E-state index in [1.807, 2.05) is 0 Å². The Morgan fingerprint density at radius 1 is 1.53 bits per heavy atom. The highest BCUT2D eigenvalue weighted by Gasteiger charge is 2.30. The molecular weight excluding hydrogens is 352 g/mol. The highest BCUT2D eigenvalue weighted by molar-refractivity contribution is 9.10. The summed E-state index contributed by atoms with van der Waals surface area (Å²) >= 11 is 10.4. The highest BCUT2D eigenvalue weighted by Crippen LogP contribution is 2.36. The molecule has 1 heterocycles. The Labute approximate surface area is 128 Å². The van der Waals surface area contributed by atoms with Gasteiger partial charge in [-0.25, -0.2) is 0 Å². The average Bonchev–Trinajstić information content (AvgIpc) is 2.63. The van der Waals surface area contributed by atoms with Crippen LogP contribution in [0.15, 0.2) is 26.5 Å². The fraction of sp³-hybridized carbons (Fsp3) is 0.167. The number of benzene rings is 1. The van der Waals surface area contributed by atoms with Crippen LogP contribution in [0.25, 0.3) is 6.08 Å². The number of phenols is 1. The summed E-state index contributed by atoms with van der Waals surface area (Å²) in [6, 6.07) is 3.19. The molecule has 0 unspecified atom stereocenters. The van der Waals surface area contributed by atoms with Crippen LogP contribution in [0, 0.1) is 0 Å². The minimum Gasteiger partial charge on any atom is -0.506 e. The summed E-state index contributed by atoms with van der Waals surface area (Å²) in [5, 5.41) is 11.0. The Bertz CT molecular complexity index is 616. The van der Waals surface area contributed by atoms with Gasteiger partial charge in [0.05, 0.1) is 9.38 Å². The first-order valence-electron chi connectivity index (χ1n) is 5.26. The number of likely N-dealkylation sites (N-methyl/N-ethyl adjacent to an activating group) is 1. The zero-order valence-electron chi connectivity index (χ0n) is 10.1. The van der Waals surface area contributed by atoms with E-state index >= 15 is 0 Å². The SMILES string of the molecule is CN=C1S/C(=C\c2cc(Cl)cc(Br)c2O)C(=O)N1C. The van der Waals surface area contributed by atoms with Crippen molar-refractivity contribution < 1.29 is 9.90 Å². The third-order valence-electron chi connectivity index (χ3n) is 2.54. The van der Waals surface area contributed by atoms with E-state index in [1.54, 1.807) is 32.3 Å². The Morgan fingerprint density at radius 3 is 2.79 bits per heavy atom. The number of carbonyl (C=O) groups is 1. The number of amides is 1. The zero-order chi connectivity index (χ0) is 14.2. The molecule has 4 nitrogen and oxygen atoms in total. The number of halogens is 2. The Morgan fingerprint density at radius 2 is 2.21 bits per heavy atom. The molecule has 0 aliphatic carbocycles. The van der Waals surface area contributed by atoms with Crippen molar-refractivity contribution in [3.05, 3.63) is 32.1 Å². The Hall–Kier alpha value is -0.980. The van der Waals surface area contributed by atoms with E-state index in [9.17, 15) is 9.90 Å². The monoisotopic (exact) mass is 360 g/mol. The fourth-order valence-corrected chi connectivity index (χ4v) is 3.34. The molecule has 2 rings (SSSR count). The summed E-state index contributed by atoms with van der Waals surface area (Å²) in [5.41, 5.74) is 0.487. The van der Waals surface area contributed by atoms with Crippen molar-refractivity contribution in [3.8, 4) is 5.75 Å². The van der Waals surface area contributed by atoms with E-state index in [0.29, 0.717) is 25.1 Å². The van der Waals surface area contributed by atoms with Crippen LogP contribution in [0.4, 0.5) is 0 Å². The summed E-state index contributed by atoms with van der Waals surface area (Å²) in [7, 11) is 3.29. The molecule has 0 bridgehead atoms. The van der Waals surface area contributed by atoms with Crippen LogP contribution >= 0.6 is 39.3 Å². The van der Waals surface area contributed by atoms with Crippen molar-refractivity contribution in [2.45, 2.75) is 0 Å². The number of aliphatic imine (C=N–C) groups is 1. The molecule has 0 aromatic heterocycles. The van der Waals surface area contributed by atoms with Crippen LogP contribution < -0.4 is 0 Å². The molecule has 1 fully saturated rings. The van der Waals surface area contributed by atoms with Crippen molar-refractivity contribution >= 4 is 56.4 Å². The summed E-state index contributed by atoms with van der Waals surface area (Å²) in [4.78, 5) is 18.0. The van der Waals surface area contributed by atoms with Crippen LogP contribution in [0.3, 0.4) is 0 Å². The molecule has 0 radical (unpaired) electrons.